The molecule has 1 aliphatic carbocycles. The molecule has 0 saturated heterocycles. The van der Waals surface area contributed by atoms with Crippen LogP contribution in [0.2, 0.25) is 0 Å². The Morgan fingerprint density at radius 2 is 1.59 bits per heavy atom. The first-order chi connectivity index (χ1) is 8.43. The third-order valence-corrected chi connectivity index (χ3v) is 3.56. The summed E-state index contributed by atoms with van der Waals surface area (Å²) >= 11 is 0. The lowest BCUT2D eigenvalue weighted by molar-refractivity contribution is -0.348. The minimum Gasteiger partial charge on any atom is -0.204 e. The van der Waals surface area contributed by atoms with Crippen molar-refractivity contribution in [1.29, 1.82) is 0 Å². The number of para-hydroxylation sites is 1. The van der Waals surface area contributed by atoms with Gasteiger partial charge in [-0.15, -0.1) is 0 Å². The van der Waals surface area contributed by atoms with Crippen molar-refractivity contribution < 1.29 is 4.99 Å². The van der Waals surface area contributed by atoms with Crippen molar-refractivity contribution in [3.8, 4) is 0 Å². The summed E-state index contributed by atoms with van der Waals surface area (Å²) in [6.45, 7) is 0. The van der Waals surface area contributed by atoms with E-state index in [-0.39, 0.29) is 0 Å². The first-order valence-electron chi connectivity index (χ1n) is 5.96. The van der Waals surface area contributed by atoms with Gasteiger partial charge in [-0.05, 0) is 24.1 Å². The molecule has 2 aromatic carbocycles. The van der Waals surface area contributed by atoms with Crippen LogP contribution >= 0.6 is 0 Å². The summed E-state index contributed by atoms with van der Waals surface area (Å²) in [5, 5.41) is 0. The van der Waals surface area contributed by atoms with Crippen LogP contribution in [0.25, 0.3) is 5.57 Å². The van der Waals surface area contributed by atoms with E-state index in [1.54, 1.807) is 0 Å². The normalized spacial score (nSPS) is 15.5. The zero-order valence-electron chi connectivity index (χ0n) is 9.40. The maximum absolute atomic E-state index is 3.54. The third-order valence-electron chi connectivity index (χ3n) is 3.56. The average molecular weight is 218 g/mol. The fourth-order valence-electron chi connectivity index (χ4n) is 2.74. The predicted molar refractivity (Wildman–Crippen MR) is 69.3 cm³/mol. The fraction of sp³-hybridized carbons (Fsp3) is 0.0625. The van der Waals surface area contributed by atoms with Crippen molar-refractivity contribution in [2.24, 2.45) is 0 Å². The first-order valence-corrected chi connectivity index (χ1v) is 5.96. The van der Waals surface area contributed by atoms with Gasteiger partial charge in [-0.1, -0.05) is 36.4 Å². The summed E-state index contributed by atoms with van der Waals surface area (Å²) in [4.78, 5) is 3.54. The molecular weight excluding hydrogens is 206 g/mol. The molecule has 0 spiro atoms. The zero-order valence-corrected chi connectivity index (χ0v) is 9.40. The molecule has 2 aliphatic rings. The van der Waals surface area contributed by atoms with Crippen molar-refractivity contribution >= 4 is 17.0 Å². The Balaban J connectivity index is 1.99. The van der Waals surface area contributed by atoms with Crippen molar-refractivity contribution in [3.05, 3.63) is 71.3 Å². The topological polar surface area (TPSA) is 14.0 Å². The minimum atomic E-state index is 1.03. The van der Waals surface area contributed by atoms with E-state index in [1.165, 1.54) is 33.7 Å². The Hall–Kier alpha value is -2.15. The summed E-state index contributed by atoms with van der Waals surface area (Å²) in [5.74, 6) is 0. The highest BCUT2D eigenvalue weighted by Crippen LogP contribution is 2.31. The zero-order chi connectivity index (χ0) is 11.2. The van der Waals surface area contributed by atoms with Gasteiger partial charge in [-0.3, -0.25) is 0 Å². The van der Waals surface area contributed by atoms with Gasteiger partial charge in [0, 0.05) is 6.07 Å². The second-order valence-corrected chi connectivity index (χ2v) is 4.52. The molecule has 80 valence electrons. The number of fused-ring (bicyclic) bond motifs is 5. The lowest BCUT2D eigenvalue weighted by Gasteiger charge is -2.11. The van der Waals surface area contributed by atoms with E-state index < -0.39 is 0 Å². The van der Waals surface area contributed by atoms with Crippen LogP contribution in [-0.2, 0) is 6.42 Å². The van der Waals surface area contributed by atoms with Gasteiger partial charge in [-0.25, -0.2) is 4.99 Å². The second kappa shape index (κ2) is 3.17. The monoisotopic (exact) mass is 218 g/mol. The van der Waals surface area contributed by atoms with Crippen molar-refractivity contribution in [2.45, 2.75) is 6.42 Å². The number of nitrogens with one attached hydrogen (secondary N) is 1. The van der Waals surface area contributed by atoms with Gasteiger partial charge in [0.15, 0.2) is 0 Å². The van der Waals surface area contributed by atoms with E-state index >= 15 is 0 Å². The summed E-state index contributed by atoms with van der Waals surface area (Å²) < 4.78 is 0. The second-order valence-electron chi connectivity index (χ2n) is 4.52. The summed E-state index contributed by atoms with van der Waals surface area (Å²) in [6.07, 6.45) is 3.36. The molecular formula is C16H12N+. The molecule has 0 saturated carbocycles. The van der Waals surface area contributed by atoms with Crippen LogP contribution < -0.4 is 4.99 Å². The molecule has 1 aliphatic heterocycles. The molecule has 17 heavy (non-hydrogen) atoms. The molecule has 0 aromatic heterocycles. The van der Waals surface area contributed by atoms with Crippen LogP contribution in [0.4, 0.5) is 5.69 Å². The van der Waals surface area contributed by atoms with Gasteiger partial charge in [0.25, 0.3) is 0 Å². The molecule has 0 amide bonds. The van der Waals surface area contributed by atoms with Crippen molar-refractivity contribution in [2.75, 3.05) is 0 Å². The van der Waals surface area contributed by atoms with Gasteiger partial charge < -0.3 is 0 Å². The van der Waals surface area contributed by atoms with E-state index in [9.17, 15) is 0 Å². The van der Waals surface area contributed by atoms with Gasteiger partial charge in [0.1, 0.15) is 0 Å². The van der Waals surface area contributed by atoms with E-state index in [0.717, 1.165) is 6.42 Å². The van der Waals surface area contributed by atoms with Crippen molar-refractivity contribution in [1.82, 2.24) is 0 Å². The molecule has 1 nitrogen and oxygen atoms in total. The maximum atomic E-state index is 3.54. The van der Waals surface area contributed by atoms with Gasteiger partial charge >= 0.3 is 0 Å². The number of rotatable bonds is 0. The number of hydrogen-bond acceptors (Lipinski definition) is 0. The van der Waals surface area contributed by atoms with Crippen molar-refractivity contribution in [3.63, 3.8) is 0 Å². The number of allylic oxidation sites excluding steroid dienone is 2. The Bertz CT molecular complexity index is 677. The lowest BCUT2D eigenvalue weighted by Crippen LogP contribution is -2.64. The van der Waals surface area contributed by atoms with Crippen LogP contribution in [0.1, 0.15) is 16.7 Å². The highest BCUT2D eigenvalue weighted by Gasteiger charge is 2.31. The minimum absolute atomic E-state index is 1.03. The summed E-state index contributed by atoms with van der Waals surface area (Å²) in [6, 6.07) is 17.1. The van der Waals surface area contributed by atoms with Crippen LogP contribution in [0, 0.1) is 0 Å². The highest BCUT2D eigenvalue weighted by atomic mass is 14.8. The number of hydrogen-bond donors (Lipinski definition) is 1. The standard InChI is InChI=1S/C16H11N/c1-2-6-12-11(5-1)9-10-14-13-7-3-4-8-15(13)17-16(12)14/h1-8,10H,9H2/p+1. The lowest BCUT2D eigenvalue weighted by atomic mass is 9.88. The Kier molecular flexibility index (Phi) is 1.67. The van der Waals surface area contributed by atoms with E-state index in [2.05, 4.69) is 59.6 Å². The smallest absolute Gasteiger partial charge is 0.204 e. The van der Waals surface area contributed by atoms with Crippen LogP contribution in [0.3, 0.4) is 0 Å². The van der Waals surface area contributed by atoms with Crippen LogP contribution in [-0.4, -0.2) is 5.71 Å². The molecule has 0 bridgehead atoms. The van der Waals surface area contributed by atoms with Gasteiger partial charge in [0.05, 0.1) is 16.7 Å². The summed E-state index contributed by atoms with van der Waals surface area (Å²) in [5.41, 5.74) is 7.95. The Morgan fingerprint density at radius 1 is 0.824 bits per heavy atom. The Labute approximate surface area is 100 Å². The molecule has 1 N–H and O–H groups in total. The molecule has 1 heterocycles. The first kappa shape index (κ1) is 8.94. The molecule has 0 radical (unpaired) electrons. The van der Waals surface area contributed by atoms with Crippen LogP contribution in [0.5, 0.6) is 0 Å². The molecule has 0 fully saturated rings. The SMILES string of the molecule is C1=C2C(=[NH+]c3ccccc32)c2ccccc2C1. The molecule has 0 atom stereocenters. The maximum Gasteiger partial charge on any atom is 0.219 e. The molecule has 2 aromatic rings. The molecule has 0 unspecified atom stereocenters. The quantitative estimate of drug-likeness (QED) is 0.693. The number of benzene rings is 2. The largest absolute Gasteiger partial charge is 0.219 e. The third kappa shape index (κ3) is 1.17. The van der Waals surface area contributed by atoms with Crippen LogP contribution in [0.15, 0.2) is 54.6 Å². The van der Waals surface area contributed by atoms with E-state index in [0.29, 0.717) is 0 Å². The summed E-state index contributed by atoms with van der Waals surface area (Å²) in [7, 11) is 0. The fourth-order valence-corrected chi connectivity index (χ4v) is 2.74. The average Bonchev–Trinajstić information content (AvgIpc) is 2.78. The molecule has 1 heteroatoms. The van der Waals surface area contributed by atoms with Gasteiger partial charge in [0.2, 0.25) is 11.4 Å². The van der Waals surface area contributed by atoms with Gasteiger partial charge in [-0.2, -0.15) is 0 Å². The highest BCUT2D eigenvalue weighted by molar-refractivity contribution is 6.32. The Morgan fingerprint density at radius 3 is 2.53 bits per heavy atom. The predicted octanol–water partition coefficient (Wildman–Crippen LogP) is 1.84. The molecule has 4 rings (SSSR count). The van der Waals surface area contributed by atoms with E-state index in [1.807, 2.05) is 0 Å². The van der Waals surface area contributed by atoms with E-state index in [4.69, 9.17) is 0 Å².